The molecule has 0 heterocycles. The molecule has 0 aliphatic carbocycles. The summed E-state index contributed by atoms with van der Waals surface area (Å²) in [6, 6.07) is 8.33. The highest BCUT2D eigenvalue weighted by molar-refractivity contribution is 6.05. The molecule has 0 spiro atoms. The molecule has 0 unspecified atom stereocenters. The third-order valence-electron chi connectivity index (χ3n) is 3.66. The second kappa shape index (κ2) is 9.56. The first-order valence-corrected chi connectivity index (χ1v) is 8.85. The molecular weight excluding hydrogens is 348 g/mol. The molecule has 0 aromatic heterocycles. The monoisotopic (exact) mass is 374 g/mol. The van der Waals surface area contributed by atoms with Crippen LogP contribution < -0.4 is 30.0 Å². The van der Waals surface area contributed by atoms with Crippen molar-refractivity contribution in [2.45, 2.75) is 20.8 Å². The number of nitrogens with one attached hydrogen (secondary N) is 1. The zero-order valence-electron chi connectivity index (χ0n) is 16.1. The predicted octanol–water partition coefficient (Wildman–Crippen LogP) is 3.73. The Labute approximate surface area is 159 Å². The average Bonchev–Trinajstić information content (AvgIpc) is 2.64. The van der Waals surface area contributed by atoms with Gasteiger partial charge in [-0.2, -0.15) is 0 Å². The highest BCUT2D eigenvalue weighted by Gasteiger charge is 2.18. The third-order valence-corrected chi connectivity index (χ3v) is 3.66. The van der Waals surface area contributed by atoms with Gasteiger partial charge in [0.05, 0.1) is 32.6 Å². The summed E-state index contributed by atoms with van der Waals surface area (Å²) in [4.78, 5) is 12.7. The Morgan fingerprint density at radius 1 is 0.926 bits per heavy atom. The second-order valence-corrected chi connectivity index (χ2v) is 5.51. The van der Waals surface area contributed by atoms with Crippen molar-refractivity contribution in [3.8, 4) is 23.0 Å². The van der Waals surface area contributed by atoms with Crippen LogP contribution in [0.1, 0.15) is 31.1 Å². The van der Waals surface area contributed by atoms with E-state index in [4.69, 9.17) is 24.7 Å². The number of methoxy groups -OCH3 is 1. The minimum atomic E-state index is -0.315. The van der Waals surface area contributed by atoms with E-state index in [2.05, 4.69) is 5.32 Å². The quantitative estimate of drug-likeness (QED) is 0.650. The average molecular weight is 374 g/mol. The smallest absolute Gasteiger partial charge is 0.255 e. The fraction of sp³-hybridized carbons (Fsp3) is 0.350. The van der Waals surface area contributed by atoms with Gasteiger partial charge in [0.15, 0.2) is 11.5 Å². The van der Waals surface area contributed by atoms with Gasteiger partial charge in [0.1, 0.15) is 5.75 Å². The first kappa shape index (κ1) is 20.2. The molecular formula is C20H26N2O5. The number of carbonyl (C=O) groups is 1. The zero-order valence-corrected chi connectivity index (χ0v) is 16.1. The molecule has 0 atom stereocenters. The SMILES string of the molecule is CCOc1cc(C(=O)Nc2ccc(OC)c(N)c2)cc(OCC)c1OCC. The molecule has 7 heteroatoms. The fourth-order valence-corrected chi connectivity index (χ4v) is 2.54. The van der Waals surface area contributed by atoms with E-state index in [0.717, 1.165) is 0 Å². The van der Waals surface area contributed by atoms with Crippen LogP contribution in [-0.2, 0) is 0 Å². The van der Waals surface area contributed by atoms with Crippen molar-refractivity contribution < 1.29 is 23.7 Å². The molecule has 1 amide bonds. The van der Waals surface area contributed by atoms with Crippen LogP contribution in [0, 0.1) is 0 Å². The molecule has 0 bridgehead atoms. The maximum atomic E-state index is 12.7. The van der Waals surface area contributed by atoms with Crippen LogP contribution in [0.3, 0.4) is 0 Å². The standard InChI is InChI=1S/C20H26N2O5/c1-5-25-17-10-13(11-18(26-6-2)19(17)27-7-3)20(23)22-14-8-9-16(24-4)15(21)12-14/h8-12H,5-7,21H2,1-4H3,(H,22,23). The van der Waals surface area contributed by atoms with Gasteiger partial charge in [0.25, 0.3) is 5.91 Å². The van der Waals surface area contributed by atoms with Gasteiger partial charge in [-0.15, -0.1) is 0 Å². The van der Waals surface area contributed by atoms with Gasteiger partial charge in [-0.05, 0) is 51.1 Å². The molecule has 2 aromatic rings. The minimum Gasteiger partial charge on any atom is -0.495 e. The maximum absolute atomic E-state index is 12.7. The van der Waals surface area contributed by atoms with Crippen LogP contribution >= 0.6 is 0 Å². The topological polar surface area (TPSA) is 92.0 Å². The van der Waals surface area contributed by atoms with Gasteiger partial charge >= 0.3 is 0 Å². The van der Waals surface area contributed by atoms with Crippen molar-refractivity contribution in [3.63, 3.8) is 0 Å². The molecule has 146 valence electrons. The van der Waals surface area contributed by atoms with E-state index in [0.29, 0.717) is 59.8 Å². The summed E-state index contributed by atoms with van der Waals surface area (Å²) in [5.74, 6) is 1.65. The van der Waals surface area contributed by atoms with Crippen LogP contribution in [0.25, 0.3) is 0 Å². The number of carbonyl (C=O) groups excluding carboxylic acids is 1. The molecule has 0 fully saturated rings. The number of rotatable bonds is 9. The minimum absolute atomic E-state index is 0.315. The molecule has 27 heavy (non-hydrogen) atoms. The summed E-state index contributed by atoms with van der Waals surface area (Å²) < 4.78 is 22.1. The lowest BCUT2D eigenvalue weighted by Crippen LogP contribution is -2.13. The zero-order chi connectivity index (χ0) is 19.8. The van der Waals surface area contributed by atoms with Gasteiger partial charge in [0, 0.05) is 11.3 Å². The van der Waals surface area contributed by atoms with Crippen LogP contribution in [0.5, 0.6) is 23.0 Å². The molecule has 7 nitrogen and oxygen atoms in total. The van der Waals surface area contributed by atoms with Crippen molar-refractivity contribution in [2.75, 3.05) is 38.0 Å². The second-order valence-electron chi connectivity index (χ2n) is 5.51. The summed E-state index contributed by atoms with van der Waals surface area (Å²) in [7, 11) is 1.54. The lowest BCUT2D eigenvalue weighted by atomic mass is 10.1. The summed E-state index contributed by atoms with van der Waals surface area (Å²) in [5, 5.41) is 2.81. The summed E-state index contributed by atoms with van der Waals surface area (Å²) >= 11 is 0. The van der Waals surface area contributed by atoms with Crippen molar-refractivity contribution in [2.24, 2.45) is 0 Å². The number of hydrogen-bond acceptors (Lipinski definition) is 6. The summed E-state index contributed by atoms with van der Waals surface area (Å²) in [6.07, 6.45) is 0. The number of benzene rings is 2. The van der Waals surface area contributed by atoms with Crippen LogP contribution in [0.4, 0.5) is 11.4 Å². The molecule has 2 rings (SSSR count). The lowest BCUT2D eigenvalue weighted by molar-refractivity contribution is 0.102. The van der Waals surface area contributed by atoms with Gasteiger partial charge in [-0.1, -0.05) is 0 Å². The Bertz CT molecular complexity index is 765. The van der Waals surface area contributed by atoms with Gasteiger partial charge in [0.2, 0.25) is 5.75 Å². The first-order chi connectivity index (χ1) is 13.0. The van der Waals surface area contributed by atoms with Crippen molar-refractivity contribution in [3.05, 3.63) is 35.9 Å². The molecule has 2 aromatic carbocycles. The van der Waals surface area contributed by atoms with Gasteiger partial charge < -0.3 is 30.0 Å². The van der Waals surface area contributed by atoms with E-state index in [1.807, 2.05) is 20.8 Å². The molecule has 3 N–H and O–H groups in total. The highest BCUT2D eigenvalue weighted by atomic mass is 16.5. The van der Waals surface area contributed by atoms with E-state index < -0.39 is 0 Å². The molecule has 0 saturated carbocycles. The van der Waals surface area contributed by atoms with E-state index in [9.17, 15) is 4.79 Å². The number of ether oxygens (including phenoxy) is 4. The van der Waals surface area contributed by atoms with Crippen LogP contribution in [-0.4, -0.2) is 32.8 Å². The van der Waals surface area contributed by atoms with Crippen LogP contribution in [0.15, 0.2) is 30.3 Å². The Morgan fingerprint density at radius 3 is 2.00 bits per heavy atom. The molecule has 0 aliphatic rings. The van der Waals surface area contributed by atoms with Crippen molar-refractivity contribution >= 4 is 17.3 Å². The van der Waals surface area contributed by atoms with E-state index in [1.54, 1.807) is 30.3 Å². The molecule has 0 radical (unpaired) electrons. The number of nitrogen functional groups attached to an aromatic ring is 1. The Kier molecular flexibility index (Phi) is 7.16. The fourth-order valence-electron chi connectivity index (χ4n) is 2.54. The normalized spacial score (nSPS) is 10.2. The van der Waals surface area contributed by atoms with Gasteiger partial charge in [-0.25, -0.2) is 0 Å². The number of anilines is 2. The lowest BCUT2D eigenvalue weighted by Gasteiger charge is -2.17. The number of nitrogens with two attached hydrogens (primary N) is 1. The highest BCUT2D eigenvalue weighted by Crippen LogP contribution is 2.39. The predicted molar refractivity (Wildman–Crippen MR) is 105 cm³/mol. The Morgan fingerprint density at radius 2 is 1.52 bits per heavy atom. The summed E-state index contributed by atoms with van der Waals surface area (Å²) in [6.45, 7) is 6.93. The largest absolute Gasteiger partial charge is 0.495 e. The Hall–Kier alpha value is -3.09. The first-order valence-electron chi connectivity index (χ1n) is 8.85. The third kappa shape index (κ3) is 4.97. The maximum Gasteiger partial charge on any atom is 0.255 e. The van der Waals surface area contributed by atoms with Crippen LogP contribution in [0.2, 0.25) is 0 Å². The van der Waals surface area contributed by atoms with E-state index in [-0.39, 0.29) is 5.91 Å². The van der Waals surface area contributed by atoms with E-state index in [1.165, 1.54) is 7.11 Å². The number of hydrogen-bond donors (Lipinski definition) is 2. The van der Waals surface area contributed by atoms with E-state index >= 15 is 0 Å². The molecule has 0 aliphatic heterocycles. The molecule has 0 saturated heterocycles. The van der Waals surface area contributed by atoms with Crippen molar-refractivity contribution in [1.82, 2.24) is 0 Å². The van der Waals surface area contributed by atoms with Crippen molar-refractivity contribution in [1.29, 1.82) is 0 Å². The van der Waals surface area contributed by atoms with Gasteiger partial charge in [-0.3, -0.25) is 4.79 Å². The number of amides is 1. The Balaban J connectivity index is 2.35. The summed E-state index contributed by atoms with van der Waals surface area (Å²) in [5.41, 5.74) is 7.28.